The van der Waals surface area contributed by atoms with Gasteiger partial charge in [-0.1, -0.05) is 47.5 Å². The molecule has 1 unspecified atom stereocenters. The van der Waals surface area contributed by atoms with E-state index in [9.17, 15) is 4.79 Å². The molecule has 1 aliphatic heterocycles. The molecule has 1 saturated heterocycles. The third-order valence-corrected chi connectivity index (χ3v) is 5.19. The lowest BCUT2D eigenvalue weighted by atomic mass is 10.0. The van der Waals surface area contributed by atoms with Crippen LogP contribution in [0.1, 0.15) is 23.2 Å². The molecule has 2 aromatic rings. The molecule has 0 spiro atoms. The van der Waals surface area contributed by atoms with Gasteiger partial charge >= 0.3 is 0 Å². The highest BCUT2D eigenvalue weighted by Crippen LogP contribution is 2.33. The molecule has 24 heavy (non-hydrogen) atoms. The molecule has 0 saturated carbocycles. The highest BCUT2D eigenvalue weighted by Gasteiger charge is 2.24. The summed E-state index contributed by atoms with van der Waals surface area (Å²) in [5.41, 5.74) is 2.36. The first-order valence-corrected chi connectivity index (χ1v) is 8.72. The summed E-state index contributed by atoms with van der Waals surface area (Å²) in [6.07, 6.45) is 2.08. The topological polar surface area (TPSA) is 29.5 Å². The number of benzene rings is 2. The van der Waals surface area contributed by atoms with Gasteiger partial charge < -0.3 is 9.64 Å². The Balaban J connectivity index is 1.87. The van der Waals surface area contributed by atoms with E-state index < -0.39 is 0 Å². The minimum atomic E-state index is 0.0248. The Labute approximate surface area is 152 Å². The zero-order chi connectivity index (χ0) is 17.1. The number of likely N-dealkylation sites (tertiary alicyclic amines) is 1. The van der Waals surface area contributed by atoms with Crippen LogP contribution in [0.25, 0.3) is 11.1 Å². The first kappa shape index (κ1) is 17.3. The monoisotopic (exact) mass is 363 g/mol. The Morgan fingerprint density at radius 2 is 2.00 bits per heavy atom. The second-order valence-corrected chi connectivity index (χ2v) is 6.72. The number of ether oxygens (including phenoxy) is 1. The molecule has 5 heteroatoms. The van der Waals surface area contributed by atoms with E-state index in [-0.39, 0.29) is 12.0 Å². The van der Waals surface area contributed by atoms with Gasteiger partial charge in [-0.05, 0) is 36.6 Å². The number of halogens is 2. The fourth-order valence-electron chi connectivity index (χ4n) is 3.04. The van der Waals surface area contributed by atoms with Crippen LogP contribution in [0, 0.1) is 0 Å². The minimum absolute atomic E-state index is 0.0248. The Hall–Kier alpha value is -1.55. The van der Waals surface area contributed by atoms with E-state index in [4.69, 9.17) is 27.9 Å². The minimum Gasteiger partial charge on any atom is -0.380 e. The molecular formula is C19H19Cl2NO2. The van der Waals surface area contributed by atoms with Gasteiger partial charge in [0.05, 0.1) is 16.1 Å². The van der Waals surface area contributed by atoms with E-state index in [2.05, 4.69) is 0 Å². The number of methoxy groups -OCH3 is 1. The van der Waals surface area contributed by atoms with Crippen LogP contribution in [0.5, 0.6) is 0 Å². The van der Waals surface area contributed by atoms with Crippen molar-refractivity contribution >= 4 is 29.1 Å². The van der Waals surface area contributed by atoms with Gasteiger partial charge in [-0.25, -0.2) is 0 Å². The number of rotatable bonds is 3. The van der Waals surface area contributed by atoms with Crippen LogP contribution in [0.3, 0.4) is 0 Å². The summed E-state index contributed by atoms with van der Waals surface area (Å²) >= 11 is 12.4. The third kappa shape index (κ3) is 3.59. The number of hydrogen-bond acceptors (Lipinski definition) is 2. The lowest BCUT2D eigenvalue weighted by Crippen LogP contribution is -2.42. The lowest BCUT2D eigenvalue weighted by Gasteiger charge is -2.32. The number of amides is 1. The van der Waals surface area contributed by atoms with E-state index in [0.717, 1.165) is 30.5 Å². The highest BCUT2D eigenvalue weighted by atomic mass is 35.5. The quantitative estimate of drug-likeness (QED) is 0.774. The Bertz CT molecular complexity index is 748. The molecule has 0 aliphatic carbocycles. The molecule has 126 valence electrons. The van der Waals surface area contributed by atoms with Gasteiger partial charge in [-0.2, -0.15) is 0 Å². The number of carbonyl (C=O) groups excluding carboxylic acids is 1. The second kappa shape index (κ2) is 7.56. The maximum atomic E-state index is 12.8. The van der Waals surface area contributed by atoms with E-state index in [1.165, 1.54) is 0 Å². The van der Waals surface area contributed by atoms with E-state index in [0.29, 0.717) is 22.2 Å². The SMILES string of the molecule is COC1CCCN(C(=O)c2cccc(-c3cccc(Cl)c3Cl)c2)C1. The zero-order valence-corrected chi connectivity index (χ0v) is 15.0. The summed E-state index contributed by atoms with van der Waals surface area (Å²) in [7, 11) is 1.69. The molecule has 0 radical (unpaired) electrons. The Morgan fingerprint density at radius 1 is 1.21 bits per heavy atom. The zero-order valence-electron chi connectivity index (χ0n) is 13.5. The number of piperidine rings is 1. The van der Waals surface area contributed by atoms with Crippen molar-refractivity contribution in [2.24, 2.45) is 0 Å². The molecule has 2 aromatic carbocycles. The van der Waals surface area contributed by atoms with Gasteiger partial charge in [0.2, 0.25) is 0 Å². The summed E-state index contributed by atoms with van der Waals surface area (Å²) in [5, 5.41) is 1.01. The first-order chi connectivity index (χ1) is 11.6. The molecule has 3 nitrogen and oxygen atoms in total. The number of nitrogens with zero attached hydrogens (tertiary/aromatic N) is 1. The first-order valence-electron chi connectivity index (χ1n) is 7.96. The van der Waals surface area contributed by atoms with Crippen molar-refractivity contribution in [1.82, 2.24) is 4.90 Å². The van der Waals surface area contributed by atoms with Gasteiger partial charge in [0.25, 0.3) is 5.91 Å². The van der Waals surface area contributed by atoms with Gasteiger partial charge in [0.1, 0.15) is 0 Å². The van der Waals surface area contributed by atoms with Crippen LogP contribution >= 0.6 is 23.2 Å². The normalized spacial score (nSPS) is 17.8. The number of carbonyl (C=O) groups is 1. The van der Waals surface area contributed by atoms with Crippen molar-refractivity contribution in [2.75, 3.05) is 20.2 Å². The summed E-state index contributed by atoms with van der Waals surface area (Å²) in [5.74, 6) is 0.0248. The van der Waals surface area contributed by atoms with Crippen LogP contribution in [0.2, 0.25) is 10.0 Å². The summed E-state index contributed by atoms with van der Waals surface area (Å²) < 4.78 is 5.40. The molecule has 1 atom stereocenters. The van der Waals surface area contributed by atoms with Crippen LogP contribution in [-0.2, 0) is 4.74 Å². The smallest absolute Gasteiger partial charge is 0.253 e. The Kier molecular flexibility index (Phi) is 5.44. The van der Waals surface area contributed by atoms with Crippen molar-refractivity contribution in [2.45, 2.75) is 18.9 Å². The molecule has 1 aliphatic rings. The maximum Gasteiger partial charge on any atom is 0.253 e. The molecule has 1 fully saturated rings. The van der Waals surface area contributed by atoms with Gasteiger partial charge in [0.15, 0.2) is 0 Å². The molecule has 1 amide bonds. The van der Waals surface area contributed by atoms with E-state index >= 15 is 0 Å². The predicted octanol–water partition coefficient (Wildman–Crippen LogP) is 4.91. The molecular weight excluding hydrogens is 345 g/mol. The molecule has 0 aromatic heterocycles. The standard InChI is InChI=1S/C19H19Cl2NO2/c1-24-15-7-4-10-22(12-15)19(23)14-6-2-5-13(11-14)16-8-3-9-17(20)18(16)21/h2-3,5-6,8-9,11,15H,4,7,10,12H2,1H3. The maximum absolute atomic E-state index is 12.8. The fourth-order valence-corrected chi connectivity index (χ4v) is 3.45. The van der Waals surface area contributed by atoms with Crippen molar-refractivity contribution in [3.05, 3.63) is 58.1 Å². The van der Waals surface area contributed by atoms with Gasteiger partial charge in [-0.15, -0.1) is 0 Å². The average Bonchev–Trinajstić information content (AvgIpc) is 2.63. The Morgan fingerprint density at radius 3 is 2.79 bits per heavy atom. The number of hydrogen-bond donors (Lipinski definition) is 0. The lowest BCUT2D eigenvalue weighted by molar-refractivity contribution is 0.0269. The van der Waals surface area contributed by atoms with Crippen LogP contribution in [0.4, 0.5) is 0 Å². The summed E-state index contributed by atoms with van der Waals surface area (Å²) in [6, 6.07) is 13.0. The highest BCUT2D eigenvalue weighted by molar-refractivity contribution is 6.43. The molecule has 0 bridgehead atoms. The largest absolute Gasteiger partial charge is 0.380 e. The van der Waals surface area contributed by atoms with Crippen LogP contribution in [-0.4, -0.2) is 37.1 Å². The van der Waals surface area contributed by atoms with Crippen molar-refractivity contribution in [3.63, 3.8) is 0 Å². The average molecular weight is 364 g/mol. The van der Waals surface area contributed by atoms with Crippen LogP contribution < -0.4 is 0 Å². The van der Waals surface area contributed by atoms with Gasteiger partial charge in [-0.3, -0.25) is 4.79 Å². The molecule has 0 N–H and O–H groups in total. The fraction of sp³-hybridized carbons (Fsp3) is 0.316. The van der Waals surface area contributed by atoms with Gasteiger partial charge in [0, 0.05) is 31.3 Å². The van der Waals surface area contributed by atoms with Crippen LogP contribution in [0.15, 0.2) is 42.5 Å². The van der Waals surface area contributed by atoms with Crippen molar-refractivity contribution in [1.29, 1.82) is 0 Å². The third-order valence-electron chi connectivity index (χ3n) is 4.37. The van der Waals surface area contributed by atoms with Crippen molar-refractivity contribution in [3.8, 4) is 11.1 Å². The summed E-state index contributed by atoms with van der Waals surface area (Å²) in [4.78, 5) is 14.7. The second-order valence-electron chi connectivity index (χ2n) is 5.93. The van der Waals surface area contributed by atoms with E-state index in [1.54, 1.807) is 13.2 Å². The molecule has 3 rings (SSSR count). The van der Waals surface area contributed by atoms with E-state index in [1.807, 2.05) is 41.3 Å². The predicted molar refractivity (Wildman–Crippen MR) is 97.8 cm³/mol. The summed E-state index contributed by atoms with van der Waals surface area (Å²) in [6.45, 7) is 1.40. The molecule has 1 heterocycles. The van der Waals surface area contributed by atoms with Crippen molar-refractivity contribution < 1.29 is 9.53 Å².